The van der Waals surface area contributed by atoms with Crippen LogP contribution in [0, 0.1) is 6.92 Å². The van der Waals surface area contributed by atoms with Gasteiger partial charge in [-0.25, -0.2) is 0 Å². The molecule has 0 bridgehead atoms. The van der Waals surface area contributed by atoms with Gasteiger partial charge in [0.15, 0.2) is 0 Å². The molecule has 0 fully saturated rings. The fraction of sp³-hybridized carbons (Fsp3) is 0.385. The minimum atomic E-state index is -0.903. The zero-order valence-corrected chi connectivity index (χ0v) is 11.3. The Hall–Kier alpha value is -1.49. The number of carbonyl (C=O) groups is 2. The Labute approximate surface area is 111 Å². The predicted octanol–water partition coefficient (Wildman–Crippen LogP) is 1.99. The van der Waals surface area contributed by atoms with Crippen molar-refractivity contribution in [2.24, 2.45) is 0 Å². The normalized spacial score (nSPS) is 11.9. The average Bonchev–Trinajstić information content (AvgIpc) is 2.29. The number of thioether (sulfide) groups is 1. The smallest absolute Gasteiger partial charge is 0.313 e. The zero-order chi connectivity index (χ0) is 13.5. The average molecular weight is 267 g/mol. The van der Waals surface area contributed by atoms with Gasteiger partial charge in [-0.05, 0) is 19.4 Å². The van der Waals surface area contributed by atoms with Crippen LogP contribution in [0.3, 0.4) is 0 Å². The number of carboxylic acids is 1. The monoisotopic (exact) mass is 267 g/mol. The molecule has 0 unspecified atom stereocenters. The molecular formula is C13H17NO3S. The van der Waals surface area contributed by atoms with Crippen molar-refractivity contribution in [1.82, 2.24) is 5.32 Å². The summed E-state index contributed by atoms with van der Waals surface area (Å²) < 4.78 is 0. The molecule has 0 saturated heterocycles. The third-order valence-corrected chi connectivity index (χ3v) is 3.33. The molecule has 0 aromatic heterocycles. The first kappa shape index (κ1) is 14.6. The predicted molar refractivity (Wildman–Crippen MR) is 72.7 cm³/mol. The summed E-state index contributed by atoms with van der Waals surface area (Å²) in [6.07, 6.45) is 0. The molecule has 0 aliphatic carbocycles. The van der Waals surface area contributed by atoms with Gasteiger partial charge in [0.25, 0.3) is 0 Å². The molecule has 1 aromatic carbocycles. The minimum absolute atomic E-state index is 0.0493. The molecule has 0 saturated carbocycles. The van der Waals surface area contributed by atoms with E-state index in [1.165, 1.54) is 5.56 Å². The third-order valence-electron chi connectivity index (χ3n) is 2.41. The zero-order valence-electron chi connectivity index (χ0n) is 10.5. The largest absolute Gasteiger partial charge is 0.481 e. The van der Waals surface area contributed by atoms with Gasteiger partial charge in [0, 0.05) is 0 Å². The molecule has 0 spiro atoms. The van der Waals surface area contributed by atoms with Crippen LogP contribution in [0.4, 0.5) is 0 Å². The highest BCUT2D eigenvalue weighted by molar-refractivity contribution is 8.00. The molecule has 4 nitrogen and oxygen atoms in total. The van der Waals surface area contributed by atoms with E-state index in [4.69, 9.17) is 5.11 Å². The molecule has 1 amide bonds. The van der Waals surface area contributed by atoms with Gasteiger partial charge in [0.05, 0.1) is 17.5 Å². The number of benzene rings is 1. The maximum Gasteiger partial charge on any atom is 0.313 e. The molecule has 18 heavy (non-hydrogen) atoms. The highest BCUT2D eigenvalue weighted by atomic mass is 32.2. The Kier molecular flexibility index (Phi) is 5.71. The topological polar surface area (TPSA) is 66.4 Å². The van der Waals surface area contributed by atoms with Crippen LogP contribution < -0.4 is 5.32 Å². The van der Waals surface area contributed by atoms with Crippen molar-refractivity contribution in [3.05, 3.63) is 35.4 Å². The van der Waals surface area contributed by atoms with Crippen LogP contribution in [0.2, 0.25) is 0 Å². The van der Waals surface area contributed by atoms with Crippen molar-refractivity contribution in [3.8, 4) is 0 Å². The van der Waals surface area contributed by atoms with Gasteiger partial charge in [0.1, 0.15) is 0 Å². The van der Waals surface area contributed by atoms with Gasteiger partial charge >= 0.3 is 5.97 Å². The van der Waals surface area contributed by atoms with Crippen LogP contribution in [-0.2, 0) is 9.59 Å². The number of amides is 1. The van der Waals surface area contributed by atoms with Crippen molar-refractivity contribution < 1.29 is 14.7 Å². The lowest BCUT2D eigenvalue weighted by Gasteiger charge is -2.14. The number of carbonyl (C=O) groups excluding carboxylic acids is 1. The minimum Gasteiger partial charge on any atom is -0.481 e. The second kappa shape index (κ2) is 7.06. The lowest BCUT2D eigenvalue weighted by Crippen LogP contribution is -2.28. The number of carboxylic acid groups (broad SMARTS) is 1. The first-order chi connectivity index (χ1) is 8.49. The molecule has 1 atom stereocenters. The quantitative estimate of drug-likeness (QED) is 0.827. The van der Waals surface area contributed by atoms with Crippen LogP contribution in [-0.4, -0.2) is 28.5 Å². The number of hydrogen-bond donors (Lipinski definition) is 2. The van der Waals surface area contributed by atoms with Crippen molar-refractivity contribution in [2.75, 3.05) is 11.5 Å². The number of hydrogen-bond acceptors (Lipinski definition) is 3. The van der Waals surface area contributed by atoms with E-state index in [-0.39, 0.29) is 23.5 Å². The Balaban J connectivity index is 2.39. The number of nitrogens with one attached hydrogen (secondary N) is 1. The number of aliphatic carboxylic acids is 1. The Morgan fingerprint density at radius 3 is 2.44 bits per heavy atom. The molecule has 0 radical (unpaired) electrons. The van der Waals surface area contributed by atoms with E-state index in [2.05, 4.69) is 5.32 Å². The van der Waals surface area contributed by atoms with Gasteiger partial charge in [-0.1, -0.05) is 29.8 Å². The van der Waals surface area contributed by atoms with Crippen LogP contribution in [0.25, 0.3) is 0 Å². The maximum absolute atomic E-state index is 11.6. The van der Waals surface area contributed by atoms with Gasteiger partial charge in [-0.3, -0.25) is 9.59 Å². The molecule has 1 rings (SSSR count). The van der Waals surface area contributed by atoms with Gasteiger partial charge in [0.2, 0.25) is 5.91 Å². The van der Waals surface area contributed by atoms with E-state index in [0.29, 0.717) is 0 Å². The van der Waals surface area contributed by atoms with Crippen LogP contribution in [0.15, 0.2) is 24.3 Å². The molecular weight excluding hydrogens is 250 g/mol. The summed E-state index contributed by atoms with van der Waals surface area (Å²) >= 11 is 1.10. The van der Waals surface area contributed by atoms with E-state index in [0.717, 1.165) is 17.3 Å². The van der Waals surface area contributed by atoms with Gasteiger partial charge < -0.3 is 10.4 Å². The Bertz CT molecular complexity index is 417. The highest BCUT2D eigenvalue weighted by Gasteiger charge is 2.09. The second-order valence-electron chi connectivity index (χ2n) is 4.09. The van der Waals surface area contributed by atoms with E-state index in [9.17, 15) is 9.59 Å². The van der Waals surface area contributed by atoms with Gasteiger partial charge in [-0.2, -0.15) is 0 Å². The summed E-state index contributed by atoms with van der Waals surface area (Å²) in [5.74, 6) is -0.928. The SMILES string of the molecule is Cc1ccc([C@H](C)NC(=O)CSCC(=O)O)cc1. The summed E-state index contributed by atoms with van der Waals surface area (Å²) in [6.45, 7) is 3.92. The van der Waals surface area contributed by atoms with Gasteiger partial charge in [-0.15, -0.1) is 11.8 Å². The fourth-order valence-corrected chi connectivity index (χ4v) is 2.00. The lowest BCUT2D eigenvalue weighted by atomic mass is 10.1. The first-order valence-corrected chi connectivity index (χ1v) is 6.80. The van der Waals surface area contributed by atoms with E-state index in [1.54, 1.807) is 0 Å². The van der Waals surface area contributed by atoms with Crippen molar-refractivity contribution in [3.63, 3.8) is 0 Å². The van der Waals surface area contributed by atoms with Crippen molar-refractivity contribution in [1.29, 1.82) is 0 Å². The van der Waals surface area contributed by atoms with E-state index >= 15 is 0 Å². The molecule has 98 valence electrons. The summed E-state index contributed by atoms with van der Waals surface area (Å²) in [4.78, 5) is 21.9. The molecule has 0 aliphatic rings. The first-order valence-electron chi connectivity index (χ1n) is 5.64. The summed E-state index contributed by atoms with van der Waals surface area (Å²) in [6, 6.07) is 7.88. The third kappa shape index (κ3) is 5.23. The summed E-state index contributed by atoms with van der Waals surface area (Å²) in [5.41, 5.74) is 2.21. The maximum atomic E-state index is 11.6. The molecule has 2 N–H and O–H groups in total. The van der Waals surface area contributed by atoms with E-state index < -0.39 is 5.97 Å². The summed E-state index contributed by atoms with van der Waals surface area (Å²) in [7, 11) is 0. The number of aryl methyl sites for hydroxylation is 1. The Morgan fingerprint density at radius 1 is 1.28 bits per heavy atom. The molecule has 0 aliphatic heterocycles. The highest BCUT2D eigenvalue weighted by Crippen LogP contribution is 2.13. The Morgan fingerprint density at radius 2 is 1.89 bits per heavy atom. The van der Waals surface area contributed by atoms with E-state index in [1.807, 2.05) is 38.1 Å². The van der Waals surface area contributed by atoms with Crippen molar-refractivity contribution >= 4 is 23.6 Å². The van der Waals surface area contributed by atoms with Crippen LogP contribution in [0.1, 0.15) is 24.1 Å². The lowest BCUT2D eigenvalue weighted by molar-refractivity contribution is -0.133. The van der Waals surface area contributed by atoms with Crippen molar-refractivity contribution in [2.45, 2.75) is 19.9 Å². The summed E-state index contributed by atoms with van der Waals surface area (Å²) in [5, 5.41) is 11.3. The standard InChI is InChI=1S/C13H17NO3S/c1-9-3-5-11(6-4-9)10(2)14-12(15)7-18-8-13(16)17/h3-6,10H,7-8H2,1-2H3,(H,14,15)(H,16,17)/t10-/m0/s1. The van der Waals surface area contributed by atoms with Crippen LogP contribution >= 0.6 is 11.8 Å². The second-order valence-corrected chi connectivity index (χ2v) is 5.07. The fourth-order valence-electron chi connectivity index (χ4n) is 1.45. The molecule has 1 aromatic rings. The number of rotatable bonds is 6. The van der Waals surface area contributed by atoms with Crippen LogP contribution in [0.5, 0.6) is 0 Å². The molecule has 5 heteroatoms. The molecule has 0 heterocycles.